The van der Waals surface area contributed by atoms with Crippen molar-refractivity contribution in [1.29, 1.82) is 0 Å². The Morgan fingerprint density at radius 2 is 0.913 bits per heavy atom. The Hall–Kier alpha value is -1.62. The summed E-state index contributed by atoms with van der Waals surface area (Å²) in [5.74, 6) is -5.76. The minimum atomic E-state index is -6.63. The summed E-state index contributed by atoms with van der Waals surface area (Å²) in [6.45, 7) is 0. The maximum absolute atomic E-state index is 13.6. The van der Waals surface area contributed by atoms with E-state index in [1.54, 1.807) is 0 Å². The quantitative estimate of drug-likeness (QED) is 0.597. The van der Waals surface area contributed by atoms with Crippen LogP contribution in [-0.4, -0.2) is 18.5 Å². The van der Waals surface area contributed by atoms with E-state index in [1.807, 2.05) is 0 Å². The molecule has 1 aromatic rings. The highest BCUT2D eigenvalue weighted by Crippen LogP contribution is 2.54. The fourth-order valence-corrected chi connectivity index (χ4v) is 1.58. The number of alkyl halides is 12. The molecule has 0 unspecified atom stereocenters. The van der Waals surface area contributed by atoms with Gasteiger partial charge in [0.25, 0.3) is 0 Å². The van der Waals surface area contributed by atoms with Gasteiger partial charge in [0.2, 0.25) is 0 Å². The minimum absolute atomic E-state index is 0.0378. The van der Waals surface area contributed by atoms with E-state index in [4.69, 9.17) is 0 Å². The van der Waals surface area contributed by atoms with Gasteiger partial charge in [0.15, 0.2) is 0 Å². The van der Waals surface area contributed by atoms with Crippen LogP contribution in [-0.2, 0) is 11.6 Å². The van der Waals surface area contributed by atoms with Crippen LogP contribution in [0, 0.1) is 0 Å². The summed E-state index contributed by atoms with van der Waals surface area (Å²) < 4.78 is 151. The zero-order chi connectivity index (χ0) is 18.5. The van der Waals surface area contributed by atoms with E-state index in [-0.39, 0.29) is 18.2 Å². The zero-order valence-electron chi connectivity index (χ0n) is 10.3. The number of rotatable bonds is 2. The Bertz CT molecular complexity index is 548. The van der Waals surface area contributed by atoms with Gasteiger partial charge in [-0.3, -0.25) is 0 Å². The van der Waals surface area contributed by atoms with Crippen LogP contribution in [0.3, 0.4) is 0 Å². The lowest BCUT2D eigenvalue weighted by molar-refractivity contribution is -0.348. The van der Waals surface area contributed by atoms with E-state index in [1.165, 1.54) is 0 Å². The lowest BCUT2D eigenvalue weighted by atomic mass is 9.91. The smallest absolute Gasteiger partial charge is 0.218 e. The van der Waals surface area contributed by atoms with E-state index >= 15 is 0 Å². The average molecular weight is 364 g/mol. The van der Waals surface area contributed by atoms with Crippen LogP contribution in [0.15, 0.2) is 24.3 Å². The topological polar surface area (TPSA) is 0 Å². The van der Waals surface area contributed by atoms with E-state index in [2.05, 4.69) is 0 Å². The summed E-state index contributed by atoms with van der Waals surface area (Å²) in [7, 11) is 0. The molecule has 1 rings (SSSR count). The van der Waals surface area contributed by atoms with Crippen LogP contribution in [0.1, 0.15) is 11.1 Å². The molecule has 0 atom stereocenters. The first-order valence-electron chi connectivity index (χ1n) is 5.34. The molecule has 0 amide bonds. The standard InChI is InChI=1S/C11H4F12/c12-7(9(15,16)17,10(18,19)20)5-2-1-3-6(4-5)8(13,14)11(21,22)23/h1-4H. The SMILES string of the molecule is FC(F)(F)C(F)(F)c1cccc(C(F)(C(F)(F)F)C(F)(F)F)c1. The Morgan fingerprint density at radius 1 is 0.522 bits per heavy atom. The largest absolute Gasteiger partial charge is 0.458 e. The van der Waals surface area contributed by atoms with Gasteiger partial charge in [0.05, 0.1) is 0 Å². The molecule has 0 N–H and O–H groups in total. The molecule has 0 bridgehead atoms. The minimum Gasteiger partial charge on any atom is -0.218 e. The molecule has 12 heteroatoms. The van der Waals surface area contributed by atoms with Crippen molar-refractivity contribution >= 4 is 0 Å². The van der Waals surface area contributed by atoms with Gasteiger partial charge in [-0.2, -0.15) is 48.3 Å². The molecule has 0 heterocycles. The maximum Gasteiger partial charge on any atom is 0.458 e. The lowest BCUT2D eigenvalue weighted by Crippen LogP contribution is -2.50. The zero-order valence-corrected chi connectivity index (χ0v) is 10.3. The predicted molar refractivity (Wildman–Crippen MR) is 51.3 cm³/mol. The van der Waals surface area contributed by atoms with Crippen molar-refractivity contribution in [1.82, 2.24) is 0 Å². The van der Waals surface area contributed by atoms with Gasteiger partial charge in [-0.1, -0.05) is 18.2 Å². The van der Waals surface area contributed by atoms with Crippen molar-refractivity contribution in [2.24, 2.45) is 0 Å². The van der Waals surface area contributed by atoms with Crippen molar-refractivity contribution in [3.8, 4) is 0 Å². The van der Waals surface area contributed by atoms with Crippen LogP contribution in [0.25, 0.3) is 0 Å². The molecular weight excluding hydrogens is 360 g/mol. The summed E-state index contributed by atoms with van der Waals surface area (Å²) in [5.41, 5.74) is -10.8. The van der Waals surface area contributed by atoms with E-state index in [0.29, 0.717) is 0 Å². The van der Waals surface area contributed by atoms with Crippen LogP contribution in [0.5, 0.6) is 0 Å². The Morgan fingerprint density at radius 3 is 1.26 bits per heavy atom. The third-order valence-electron chi connectivity index (χ3n) is 2.76. The molecule has 0 radical (unpaired) electrons. The first-order valence-corrected chi connectivity index (χ1v) is 5.34. The molecule has 0 saturated carbocycles. The number of benzene rings is 1. The average Bonchev–Trinajstić information content (AvgIpc) is 2.33. The normalized spacial score (nSPS) is 15.0. The Balaban J connectivity index is 3.60. The van der Waals surface area contributed by atoms with Gasteiger partial charge in [-0.25, -0.2) is 4.39 Å². The van der Waals surface area contributed by atoms with E-state index in [9.17, 15) is 52.7 Å². The second-order valence-electron chi connectivity index (χ2n) is 4.31. The molecule has 0 spiro atoms. The molecule has 132 valence electrons. The summed E-state index contributed by atoms with van der Waals surface area (Å²) >= 11 is 0. The Labute approximate surface area is 119 Å². The second-order valence-corrected chi connectivity index (χ2v) is 4.31. The molecule has 1 aromatic carbocycles. The maximum atomic E-state index is 13.6. The van der Waals surface area contributed by atoms with Crippen LogP contribution in [0.2, 0.25) is 0 Å². The lowest BCUT2D eigenvalue weighted by Gasteiger charge is -2.31. The van der Waals surface area contributed by atoms with Crippen LogP contribution in [0.4, 0.5) is 52.7 Å². The predicted octanol–water partition coefficient (Wildman–Crippen LogP) is 5.63. The van der Waals surface area contributed by atoms with Gasteiger partial charge in [0.1, 0.15) is 0 Å². The molecule has 0 fully saturated rings. The van der Waals surface area contributed by atoms with E-state index < -0.39 is 47.3 Å². The third-order valence-corrected chi connectivity index (χ3v) is 2.76. The first-order chi connectivity index (χ1) is 9.96. The molecule has 0 aliphatic heterocycles. The summed E-state index contributed by atoms with van der Waals surface area (Å²) in [4.78, 5) is 0. The summed E-state index contributed by atoms with van der Waals surface area (Å²) in [6, 6.07) is -1.02. The first kappa shape index (κ1) is 19.4. The van der Waals surface area contributed by atoms with E-state index in [0.717, 1.165) is 0 Å². The van der Waals surface area contributed by atoms with Crippen molar-refractivity contribution < 1.29 is 52.7 Å². The third kappa shape index (κ3) is 3.07. The molecule has 0 aliphatic rings. The molecule has 0 nitrogen and oxygen atoms in total. The van der Waals surface area contributed by atoms with Crippen molar-refractivity contribution in [3.05, 3.63) is 35.4 Å². The monoisotopic (exact) mass is 364 g/mol. The number of hydrogen-bond acceptors (Lipinski definition) is 0. The van der Waals surface area contributed by atoms with Gasteiger partial charge >= 0.3 is 30.1 Å². The van der Waals surface area contributed by atoms with Crippen LogP contribution < -0.4 is 0 Å². The molecular formula is C11H4F12. The highest BCUT2D eigenvalue weighted by molar-refractivity contribution is 5.34. The number of halogens is 12. The summed E-state index contributed by atoms with van der Waals surface area (Å²) in [6.07, 6.45) is -19.5. The molecule has 0 saturated heterocycles. The Kier molecular flexibility index (Phi) is 4.39. The summed E-state index contributed by atoms with van der Waals surface area (Å²) in [5, 5.41) is 0. The molecule has 23 heavy (non-hydrogen) atoms. The van der Waals surface area contributed by atoms with Gasteiger partial charge < -0.3 is 0 Å². The highest BCUT2D eigenvalue weighted by atomic mass is 19.4. The fraction of sp³-hybridized carbons (Fsp3) is 0.455. The van der Waals surface area contributed by atoms with Crippen molar-refractivity contribution in [3.63, 3.8) is 0 Å². The fourth-order valence-electron chi connectivity index (χ4n) is 1.58. The highest BCUT2D eigenvalue weighted by Gasteiger charge is 2.73. The van der Waals surface area contributed by atoms with Gasteiger partial charge in [0, 0.05) is 11.1 Å². The molecule has 0 aliphatic carbocycles. The second kappa shape index (κ2) is 5.20. The van der Waals surface area contributed by atoms with Gasteiger partial charge in [-0.15, -0.1) is 0 Å². The van der Waals surface area contributed by atoms with Crippen molar-refractivity contribution in [2.45, 2.75) is 30.1 Å². The van der Waals surface area contributed by atoms with Gasteiger partial charge in [-0.05, 0) is 6.07 Å². The number of hydrogen-bond donors (Lipinski definition) is 0. The molecule has 0 aromatic heterocycles. The van der Waals surface area contributed by atoms with Crippen LogP contribution >= 0.6 is 0 Å². The van der Waals surface area contributed by atoms with Crippen molar-refractivity contribution in [2.75, 3.05) is 0 Å².